The fourth-order valence-electron chi connectivity index (χ4n) is 1.77. The second-order valence-corrected chi connectivity index (χ2v) is 4.16. The van der Waals surface area contributed by atoms with Crippen molar-refractivity contribution in [3.05, 3.63) is 29.8 Å². The lowest BCUT2D eigenvalue weighted by Gasteiger charge is -2.11. The molecule has 0 atom stereocenters. The van der Waals surface area contributed by atoms with E-state index < -0.39 is 12.8 Å². The number of hydrogen-bond acceptors (Lipinski definition) is 3. The van der Waals surface area contributed by atoms with Crippen LogP contribution in [0.5, 0.6) is 5.75 Å². The molecule has 0 aliphatic rings. The summed E-state index contributed by atoms with van der Waals surface area (Å²) in [5.74, 6) is 0.930. The summed E-state index contributed by atoms with van der Waals surface area (Å²) in [6.07, 6.45) is -4.33. The Morgan fingerprint density at radius 2 is 2.00 bits per heavy atom. The molecule has 2 aromatic rings. The molecule has 0 unspecified atom stereocenters. The molecule has 0 fully saturated rings. The predicted octanol–water partition coefficient (Wildman–Crippen LogP) is 3.53. The van der Waals surface area contributed by atoms with Crippen LogP contribution in [0.3, 0.4) is 0 Å². The number of fused-ring (bicyclic) bond motifs is 1. The molecule has 0 aliphatic heterocycles. The number of pyridine rings is 1. The highest BCUT2D eigenvalue weighted by Crippen LogP contribution is 2.25. The average molecular weight is 270 g/mol. The molecule has 0 amide bonds. The number of rotatable bonds is 3. The molecular weight excluding hydrogens is 257 g/mol. The third-order valence-corrected chi connectivity index (χ3v) is 2.62. The standard InChI is InChI=1S/C13H13F3N2O/c1-8-5-9-6-10(19-7-13(14,15)16)3-4-11(9)18-12(8)17-2/h3-6H,7H2,1-2H3,(H,17,18). The van der Waals surface area contributed by atoms with Crippen LogP contribution in [0.1, 0.15) is 5.56 Å². The van der Waals surface area contributed by atoms with E-state index in [1.165, 1.54) is 6.07 Å². The number of nitrogens with zero attached hydrogens (tertiary/aromatic N) is 1. The summed E-state index contributed by atoms with van der Waals surface area (Å²) in [5.41, 5.74) is 1.62. The Balaban J connectivity index is 2.30. The Kier molecular flexibility index (Phi) is 3.50. The van der Waals surface area contributed by atoms with Crippen molar-refractivity contribution in [3.63, 3.8) is 0 Å². The van der Waals surface area contributed by atoms with E-state index in [4.69, 9.17) is 4.74 Å². The fraction of sp³-hybridized carbons (Fsp3) is 0.308. The molecule has 0 saturated heterocycles. The quantitative estimate of drug-likeness (QED) is 0.926. The number of benzene rings is 1. The molecule has 0 bridgehead atoms. The average Bonchev–Trinajstić information content (AvgIpc) is 2.34. The van der Waals surface area contributed by atoms with Crippen molar-refractivity contribution in [1.82, 2.24) is 4.98 Å². The van der Waals surface area contributed by atoms with Crippen LogP contribution in [0.2, 0.25) is 0 Å². The highest BCUT2D eigenvalue weighted by atomic mass is 19.4. The highest BCUT2D eigenvalue weighted by Gasteiger charge is 2.28. The van der Waals surface area contributed by atoms with Crippen molar-refractivity contribution in [2.24, 2.45) is 0 Å². The van der Waals surface area contributed by atoms with Crippen molar-refractivity contribution < 1.29 is 17.9 Å². The lowest BCUT2D eigenvalue weighted by Crippen LogP contribution is -2.19. The van der Waals surface area contributed by atoms with Crippen LogP contribution >= 0.6 is 0 Å². The Labute approximate surface area is 108 Å². The summed E-state index contributed by atoms with van der Waals surface area (Å²) in [6.45, 7) is 0.584. The number of hydrogen-bond donors (Lipinski definition) is 1. The van der Waals surface area contributed by atoms with Crippen molar-refractivity contribution in [3.8, 4) is 5.75 Å². The van der Waals surface area contributed by atoms with Gasteiger partial charge in [-0.05, 0) is 36.8 Å². The van der Waals surface area contributed by atoms with E-state index in [-0.39, 0.29) is 5.75 Å². The monoisotopic (exact) mass is 270 g/mol. The normalized spacial score (nSPS) is 11.6. The van der Waals surface area contributed by atoms with Crippen LogP contribution in [0.4, 0.5) is 19.0 Å². The zero-order valence-corrected chi connectivity index (χ0v) is 10.5. The maximum atomic E-state index is 12.1. The van der Waals surface area contributed by atoms with Crippen LogP contribution in [0.25, 0.3) is 10.9 Å². The molecule has 6 heteroatoms. The van der Waals surface area contributed by atoms with Gasteiger partial charge in [-0.15, -0.1) is 0 Å². The summed E-state index contributed by atoms with van der Waals surface area (Å²) in [5, 5.41) is 3.70. The topological polar surface area (TPSA) is 34.2 Å². The van der Waals surface area contributed by atoms with Crippen molar-refractivity contribution in [2.45, 2.75) is 13.1 Å². The first-order valence-electron chi connectivity index (χ1n) is 5.68. The Bertz CT molecular complexity index is 596. The van der Waals surface area contributed by atoms with Crippen molar-refractivity contribution in [1.29, 1.82) is 0 Å². The predicted molar refractivity (Wildman–Crippen MR) is 67.6 cm³/mol. The number of aryl methyl sites for hydroxylation is 1. The van der Waals surface area contributed by atoms with Gasteiger partial charge < -0.3 is 10.1 Å². The summed E-state index contributed by atoms with van der Waals surface area (Å²) in [4.78, 5) is 4.35. The maximum absolute atomic E-state index is 12.1. The lowest BCUT2D eigenvalue weighted by molar-refractivity contribution is -0.153. The minimum atomic E-state index is -4.33. The van der Waals surface area contributed by atoms with E-state index in [0.29, 0.717) is 5.52 Å². The van der Waals surface area contributed by atoms with E-state index >= 15 is 0 Å². The number of alkyl halides is 3. The molecule has 0 saturated carbocycles. The zero-order valence-electron chi connectivity index (χ0n) is 10.5. The van der Waals surface area contributed by atoms with Crippen molar-refractivity contribution >= 4 is 16.7 Å². The number of halogens is 3. The molecule has 1 aromatic heterocycles. The minimum Gasteiger partial charge on any atom is -0.484 e. The Hall–Kier alpha value is -1.98. The largest absolute Gasteiger partial charge is 0.484 e. The molecule has 102 valence electrons. The number of nitrogens with one attached hydrogen (secondary N) is 1. The lowest BCUT2D eigenvalue weighted by atomic mass is 10.1. The molecule has 19 heavy (non-hydrogen) atoms. The molecule has 2 rings (SSSR count). The molecule has 1 heterocycles. The van der Waals surface area contributed by atoms with Gasteiger partial charge in [0.05, 0.1) is 5.52 Å². The smallest absolute Gasteiger partial charge is 0.422 e. The molecule has 0 spiro atoms. The summed E-state index contributed by atoms with van der Waals surface area (Å²) in [6, 6.07) is 6.53. The van der Waals surface area contributed by atoms with E-state index in [1.807, 2.05) is 13.0 Å². The first kappa shape index (κ1) is 13.5. The van der Waals surface area contributed by atoms with Crippen molar-refractivity contribution in [2.75, 3.05) is 19.0 Å². The van der Waals surface area contributed by atoms with Gasteiger partial charge in [0.25, 0.3) is 0 Å². The number of ether oxygens (including phenoxy) is 1. The first-order chi connectivity index (χ1) is 8.89. The fourth-order valence-corrected chi connectivity index (χ4v) is 1.77. The Morgan fingerprint density at radius 3 is 2.63 bits per heavy atom. The van der Waals surface area contributed by atoms with Gasteiger partial charge >= 0.3 is 6.18 Å². The molecule has 1 aromatic carbocycles. The van der Waals surface area contributed by atoms with Gasteiger partial charge in [-0.25, -0.2) is 4.98 Å². The zero-order chi connectivity index (χ0) is 14.0. The summed E-state index contributed by atoms with van der Waals surface area (Å²) >= 11 is 0. The van der Waals surface area contributed by atoms with Gasteiger partial charge in [-0.3, -0.25) is 0 Å². The number of anilines is 1. The van der Waals surface area contributed by atoms with Crippen LogP contribution in [-0.2, 0) is 0 Å². The minimum absolute atomic E-state index is 0.184. The van der Waals surface area contributed by atoms with E-state index in [2.05, 4.69) is 10.3 Å². The molecule has 3 nitrogen and oxygen atoms in total. The Morgan fingerprint density at radius 1 is 1.26 bits per heavy atom. The molecular formula is C13H13F3N2O. The van der Waals surface area contributed by atoms with E-state index in [1.54, 1.807) is 19.2 Å². The second kappa shape index (κ2) is 4.95. The van der Waals surface area contributed by atoms with Crippen LogP contribution in [0.15, 0.2) is 24.3 Å². The van der Waals surface area contributed by atoms with Gasteiger partial charge in [-0.2, -0.15) is 13.2 Å². The highest BCUT2D eigenvalue weighted by molar-refractivity contribution is 5.83. The SMILES string of the molecule is CNc1nc2ccc(OCC(F)(F)F)cc2cc1C. The number of aromatic nitrogens is 1. The van der Waals surface area contributed by atoms with Gasteiger partial charge in [0.1, 0.15) is 11.6 Å². The molecule has 1 N–H and O–H groups in total. The van der Waals surface area contributed by atoms with E-state index in [9.17, 15) is 13.2 Å². The van der Waals surface area contributed by atoms with Gasteiger partial charge in [0, 0.05) is 12.4 Å². The van der Waals surface area contributed by atoms with Crippen LogP contribution < -0.4 is 10.1 Å². The van der Waals surface area contributed by atoms with Crippen LogP contribution in [0, 0.1) is 6.92 Å². The third-order valence-electron chi connectivity index (χ3n) is 2.62. The molecule has 0 aliphatic carbocycles. The summed E-state index contributed by atoms with van der Waals surface area (Å²) in [7, 11) is 1.77. The van der Waals surface area contributed by atoms with Gasteiger partial charge in [0.15, 0.2) is 6.61 Å². The maximum Gasteiger partial charge on any atom is 0.422 e. The van der Waals surface area contributed by atoms with E-state index in [0.717, 1.165) is 16.8 Å². The molecule has 0 radical (unpaired) electrons. The second-order valence-electron chi connectivity index (χ2n) is 4.16. The van der Waals surface area contributed by atoms with Gasteiger partial charge in [-0.1, -0.05) is 0 Å². The van der Waals surface area contributed by atoms with Crippen LogP contribution in [-0.4, -0.2) is 24.8 Å². The third kappa shape index (κ3) is 3.27. The summed E-state index contributed by atoms with van der Waals surface area (Å²) < 4.78 is 40.9. The van der Waals surface area contributed by atoms with Gasteiger partial charge in [0.2, 0.25) is 0 Å². The first-order valence-corrected chi connectivity index (χ1v) is 5.68.